The van der Waals surface area contributed by atoms with Crippen LogP contribution in [0.3, 0.4) is 0 Å². The number of aromatic nitrogens is 3. The van der Waals surface area contributed by atoms with Gasteiger partial charge in [-0.2, -0.15) is 0 Å². The van der Waals surface area contributed by atoms with E-state index in [9.17, 15) is 9.59 Å². The minimum atomic E-state index is -0.301. The van der Waals surface area contributed by atoms with Crippen LogP contribution in [-0.4, -0.2) is 26.9 Å². The van der Waals surface area contributed by atoms with Crippen LogP contribution in [0.2, 0.25) is 0 Å². The van der Waals surface area contributed by atoms with E-state index in [0.29, 0.717) is 10.9 Å². The van der Waals surface area contributed by atoms with Crippen molar-refractivity contribution in [3.8, 4) is 0 Å². The van der Waals surface area contributed by atoms with Crippen molar-refractivity contribution in [1.29, 1.82) is 0 Å². The highest BCUT2D eigenvalue weighted by Crippen LogP contribution is 2.21. The third-order valence-electron chi connectivity index (χ3n) is 4.34. The molecule has 1 amide bonds. The fourth-order valence-electron chi connectivity index (χ4n) is 3.20. The zero-order chi connectivity index (χ0) is 16.5. The standard InChI is InChI=1S/C18H16N4O2/c23-17(19-14-9-12-5-1-2-6-13(12)10-14)11-22-18(24)15-7-3-4-8-16(15)20-21-22/h1-8,14H,9-11H2,(H,19,23). The molecule has 0 fully saturated rings. The van der Waals surface area contributed by atoms with Crippen molar-refractivity contribution in [2.24, 2.45) is 0 Å². The van der Waals surface area contributed by atoms with Crippen LogP contribution in [0, 0.1) is 0 Å². The van der Waals surface area contributed by atoms with Gasteiger partial charge in [0.15, 0.2) is 0 Å². The summed E-state index contributed by atoms with van der Waals surface area (Å²) in [7, 11) is 0. The molecule has 6 nitrogen and oxygen atoms in total. The van der Waals surface area contributed by atoms with Crippen LogP contribution < -0.4 is 10.9 Å². The first-order valence-electron chi connectivity index (χ1n) is 7.89. The molecule has 3 aromatic rings. The Bertz CT molecular complexity index is 955. The second-order valence-corrected chi connectivity index (χ2v) is 6.01. The first-order valence-corrected chi connectivity index (χ1v) is 7.89. The smallest absolute Gasteiger partial charge is 0.278 e. The molecule has 1 N–H and O–H groups in total. The summed E-state index contributed by atoms with van der Waals surface area (Å²) in [6.45, 7) is -0.122. The monoisotopic (exact) mass is 320 g/mol. The van der Waals surface area contributed by atoms with Gasteiger partial charge in [-0.25, -0.2) is 4.68 Å². The number of carbonyl (C=O) groups excluding carboxylic acids is 1. The molecule has 6 heteroatoms. The van der Waals surface area contributed by atoms with Crippen LogP contribution >= 0.6 is 0 Å². The Morgan fingerprint density at radius 1 is 1.08 bits per heavy atom. The molecule has 0 radical (unpaired) electrons. The molecule has 0 saturated heterocycles. The number of nitrogens with one attached hydrogen (secondary N) is 1. The molecule has 0 atom stereocenters. The Labute approximate surface area is 138 Å². The minimum Gasteiger partial charge on any atom is -0.351 e. The molecular weight excluding hydrogens is 304 g/mol. The second-order valence-electron chi connectivity index (χ2n) is 6.01. The predicted octanol–water partition coefficient (Wildman–Crippen LogP) is 1.08. The van der Waals surface area contributed by atoms with E-state index in [4.69, 9.17) is 0 Å². The molecule has 2 aromatic carbocycles. The van der Waals surface area contributed by atoms with Crippen molar-refractivity contribution in [3.63, 3.8) is 0 Å². The molecule has 120 valence electrons. The summed E-state index contributed by atoms with van der Waals surface area (Å²) in [5.74, 6) is -0.223. The van der Waals surface area contributed by atoms with Gasteiger partial charge in [0.2, 0.25) is 5.91 Å². The number of carbonyl (C=O) groups is 1. The lowest BCUT2D eigenvalue weighted by Crippen LogP contribution is -2.40. The Morgan fingerprint density at radius 2 is 1.75 bits per heavy atom. The minimum absolute atomic E-state index is 0.0685. The van der Waals surface area contributed by atoms with E-state index in [0.717, 1.165) is 17.5 Å². The van der Waals surface area contributed by atoms with E-state index in [-0.39, 0.29) is 24.1 Å². The highest BCUT2D eigenvalue weighted by atomic mass is 16.2. The Balaban J connectivity index is 1.48. The quantitative estimate of drug-likeness (QED) is 0.783. The molecule has 4 rings (SSSR count). The van der Waals surface area contributed by atoms with Gasteiger partial charge in [-0.15, -0.1) is 5.10 Å². The third-order valence-corrected chi connectivity index (χ3v) is 4.34. The van der Waals surface area contributed by atoms with Gasteiger partial charge >= 0.3 is 0 Å². The zero-order valence-electron chi connectivity index (χ0n) is 13.0. The van der Waals surface area contributed by atoms with E-state index in [1.54, 1.807) is 24.3 Å². The highest BCUT2D eigenvalue weighted by molar-refractivity contribution is 5.78. The topological polar surface area (TPSA) is 76.9 Å². The van der Waals surface area contributed by atoms with Crippen molar-refractivity contribution in [2.45, 2.75) is 25.4 Å². The maximum Gasteiger partial charge on any atom is 0.278 e. The molecule has 0 aliphatic heterocycles. The fourth-order valence-corrected chi connectivity index (χ4v) is 3.20. The van der Waals surface area contributed by atoms with E-state index in [1.165, 1.54) is 11.1 Å². The van der Waals surface area contributed by atoms with Crippen molar-refractivity contribution < 1.29 is 4.79 Å². The molecule has 24 heavy (non-hydrogen) atoms. The number of hydrogen-bond acceptors (Lipinski definition) is 4. The van der Waals surface area contributed by atoms with Crippen molar-refractivity contribution in [3.05, 3.63) is 70.0 Å². The first-order chi connectivity index (χ1) is 11.7. The van der Waals surface area contributed by atoms with Gasteiger partial charge in [0.1, 0.15) is 12.1 Å². The maximum atomic E-state index is 12.4. The maximum absolute atomic E-state index is 12.4. The summed E-state index contributed by atoms with van der Waals surface area (Å²) in [5, 5.41) is 11.3. The summed E-state index contributed by atoms with van der Waals surface area (Å²) in [5.41, 5.74) is 2.77. The normalized spacial score (nSPS) is 13.8. The van der Waals surface area contributed by atoms with Crippen LogP contribution in [0.1, 0.15) is 11.1 Å². The summed E-state index contributed by atoms with van der Waals surface area (Å²) >= 11 is 0. The molecule has 0 unspecified atom stereocenters. The van der Waals surface area contributed by atoms with Gasteiger partial charge < -0.3 is 5.32 Å². The molecule has 1 aromatic heterocycles. The van der Waals surface area contributed by atoms with Gasteiger partial charge in [0.25, 0.3) is 5.56 Å². The molecule has 1 aliphatic carbocycles. The number of rotatable bonds is 3. The SMILES string of the molecule is O=C(Cn1nnc2ccccc2c1=O)NC1Cc2ccccc2C1. The van der Waals surface area contributed by atoms with E-state index >= 15 is 0 Å². The number of fused-ring (bicyclic) bond motifs is 2. The molecule has 1 heterocycles. The number of nitrogens with zero attached hydrogens (tertiary/aromatic N) is 3. The van der Waals surface area contributed by atoms with Crippen molar-refractivity contribution >= 4 is 16.8 Å². The number of benzene rings is 2. The number of amides is 1. The predicted molar refractivity (Wildman–Crippen MR) is 89.6 cm³/mol. The lowest BCUT2D eigenvalue weighted by molar-refractivity contribution is -0.122. The largest absolute Gasteiger partial charge is 0.351 e. The number of hydrogen-bond donors (Lipinski definition) is 1. The summed E-state index contributed by atoms with van der Waals surface area (Å²) in [6.07, 6.45) is 1.64. The van der Waals surface area contributed by atoms with E-state index in [1.807, 2.05) is 12.1 Å². The van der Waals surface area contributed by atoms with Gasteiger partial charge in [-0.1, -0.05) is 41.6 Å². The lowest BCUT2D eigenvalue weighted by atomic mass is 10.1. The lowest BCUT2D eigenvalue weighted by Gasteiger charge is -2.12. The molecular formula is C18H16N4O2. The Kier molecular flexibility index (Phi) is 3.57. The van der Waals surface area contributed by atoms with Gasteiger partial charge in [-0.3, -0.25) is 9.59 Å². The van der Waals surface area contributed by atoms with Crippen LogP contribution in [-0.2, 0) is 24.2 Å². The summed E-state index contributed by atoms with van der Waals surface area (Å²) in [6, 6.07) is 15.2. The van der Waals surface area contributed by atoms with Crippen LogP contribution in [0.15, 0.2) is 53.3 Å². The van der Waals surface area contributed by atoms with E-state index < -0.39 is 0 Å². The molecule has 0 spiro atoms. The highest BCUT2D eigenvalue weighted by Gasteiger charge is 2.22. The average molecular weight is 320 g/mol. The third kappa shape index (κ3) is 2.67. The van der Waals surface area contributed by atoms with Crippen LogP contribution in [0.25, 0.3) is 10.9 Å². The van der Waals surface area contributed by atoms with Gasteiger partial charge in [0.05, 0.1) is 5.39 Å². The van der Waals surface area contributed by atoms with Crippen molar-refractivity contribution in [1.82, 2.24) is 20.3 Å². The average Bonchev–Trinajstić information content (AvgIpc) is 2.99. The van der Waals surface area contributed by atoms with Gasteiger partial charge in [0, 0.05) is 6.04 Å². The Hall–Kier alpha value is -3.02. The molecule has 1 aliphatic rings. The van der Waals surface area contributed by atoms with Gasteiger partial charge in [-0.05, 0) is 36.1 Å². The van der Waals surface area contributed by atoms with Crippen molar-refractivity contribution in [2.75, 3.05) is 0 Å². The summed E-state index contributed by atoms with van der Waals surface area (Å²) < 4.78 is 1.11. The first kappa shape index (κ1) is 14.6. The summed E-state index contributed by atoms with van der Waals surface area (Å²) in [4.78, 5) is 24.6. The van der Waals surface area contributed by atoms with Crippen LogP contribution in [0.4, 0.5) is 0 Å². The second kappa shape index (κ2) is 5.88. The fraction of sp³-hybridized carbons (Fsp3) is 0.222. The van der Waals surface area contributed by atoms with E-state index in [2.05, 4.69) is 27.8 Å². The zero-order valence-corrected chi connectivity index (χ0v) is 13.0. The molecule has 0 saturated carbocycles. The molecule has 0 bridgehead atoms. The Morgan fingerprint density at radius 3 is 2.50 bits per heavy atom. The van der Waals surface area contributed by atoms with Crippen LogP contribution in [0.5, 0.6) is 0 Å².